The van der Waals surface area contributed by atoms with Gasteiger partial charge in [0.25, 0.3) is 11.5 Å². The van der Waals surface area contributed by atoms with Crippen molar-refractivity contribution < 1.29 is 14.3 Å². The number of nitrogens with zero attached hydrogens (tertiary/aromatic N) is 3. The molecule has 0 aliphatic carbocycles. The Balaban J connectivity index is 1.76. The molecule has 3 aromatic rings. The van der Waals surface area contributed by atoms with E-state index in [1.165, 1.54) is 27.5 Å². The van der Waals surface area contributed by atoms with E-state index in [1.54, 1.807) is 24.4 Å². The molecule has 4 rings (SSSR count). The molecule has 0 spiro atoms. The number of aryl methyl sites for hydroxylation is 1. The van der Waals surface area contributed by atoms with Crippen LogP contribution in [0.25, 0.3) is 11.7 Å². The van der Waals surface area contributed by atoms with Gasteiger partial charge in [0.1, 0.15) is 21.6 Å². The maximum atomic E-state index is 13.4. The maximum Gasteiger partial charge on any atom is 0.267 e. The zero-order valence-electron chi connectivity index (χ0n) is 18.6. The first kappa shape index (κ1) is 24.1. The SMILES string of the molecule is CC[C@@H](CO)Nc1nc2c(C)cccn2c(=O)c1/C=C1\SC(=S)N(Cc2ccc(F)cc2)C1=O. The highest BCUT2D eigenvalue weighted by molar-refractivity contribution is 8.26. The molecule has 3 heterocycles. The number of anilines is 1. The van der Waals surface area contributed by atoms with Gasteiger partial charge in [-0.1, -0.05) is 49.1 Å². The van der Waals surface area contributed by atoms with E-state index < -0.39 is 0 Å². The van der Waals surface area contributed by atoms with Crippen LogP contribution in [0, 0.1) is 12.7 Å². The number of pyridine rings is 1. The first-order valence-electron chi connectivity index (χ1n) is 10.7. The highest BCUT2D eigenvalue weighted by Crippen LogP contribution is 2.34. The number of aliphatic hydroxyl groups is 1. The molecule has 1 aliphatic rings. The molecule has 10 heteroatoms. The monoisotopic (exact) mass is 498 g/mol. The topological polar surface area (TPSA) is 86.9 Å². The van der Waals surface area contributed by atoms with Crippen molar-refractivity contribution in [1.82, 2.24) is 14.3 Å². The average Bonchev–Trinajstić information content (AvgIpc) is 3.09. The van der Waals surface area contributed by atoms with Crippen LogP contribution < -0.4 is 10.9 Å². The smallest absolute Gasteiger partial charge is 0.267 e. The number of halogens is 1. The van der Waals surface area contributed by atoms with E-state index in [9.17, 15) is 19.1 Å². The number of carbonyl (C=O) groups is 1. The Morgan fingerprint density at radius 2 is 2.00 bits per heavy atom. The zero-order valence-corrected chi connectivity index (χ0v) is 20.3. The third-order valence-electron chi connectivity index (χ3n) is 5.54. The molecule has 176 valence electrons. The predicted molar refractivity (Wildman–Crippen MR) is 136 cm³/mol. The summed E-state index contributed by atoms with van der Waals surface area (Å²) in [5.41, 5.74) is 1.91. The number of nitrogens with one attached hydrogen (secondary N) is 1. The van der Waals surface area contributed by atoms with E-state index in [-0.39, 0.29) is 42.0 Å². The largest absolute Gasteiger partial charge is 0.394 e. The van der Waals surface area contributed by atoms with Gasteiger partial charge in [0, 0.05) is 6.20 Å². The van der Waals surface area contributed by atoms with Gasteiger partial charge in [0.15, 0.2) is 0 Å². The van der Waals surface area contributed by atoms with Crippen LogP contribution in [0.2, 0.25) is 0 Å². The molecule has 1 aliphatic heterocycles. The summed E-state index contributed by atoms with van der Waals surface area (Å²) < 4.78 is 15.0. The van der Waals surface area contributed by atoms with Crippen LogP contribution in [0.5, 0.6) is 0 Å². The summed E-state index contributed by atoms with van der Waals surface area (Å²) >= 11 is 6.51. The summed E-state index contributed by atoms with van der Waals surface area (Å²) in [5.74, 6) is -0.404. The lowest BCUT2D eigenvalue weighted by molar-refractivity contribution is -0.122. The van der Waals surface area contributed by atoms with Crippen LogP contribution in [0.15, 0.2) is 52.3 Å². The van der Waals surface area contributed by atoms with Crippen molar-refractivity contribution in [3.05, 3.63) is 80.4 Å². The Bertz CT molecular complexity index is 1350. The maximum absolute atomic E-state index is 13.4. The molecule has 7 nitrogen and oxygen atoms in total. The van der Waals surface area contributed by atoms with E-state index in [0.717, 1.165) is 22.9 Å². The van der Waals surface area contributed by atoms with Gasteiger partial charge in [-0.2, -0.15) is 0 Å². The number of thioether (sulfide) groups is 1. The molecule has 2 aromatic heterocycles. The van der Waals surface area contributed by atoms with Gasteiger partial charge in [0.05, 0.1) is 29.7 Å². The van der Waals surface area contributed by atoms with Crippen molar-refractivity contribution >= 4 is 51.7 Å². The number of thiocarbonyl (C=S) groups is 1. The third-order valence-corrected chi connectivity index (χ3v) is 6.92. The zero-order chi connectivity index (χ0) is 24.4. The lowest BCUT2D eigenvalue weighted by Gasteiger charge is -2.17. The van der Waals surface area contributed by atoms with Gasteiger partial charge in [-0.05, 0) is 48.7 Å². The molecule has 34 heavy (non-hydrogen) atoms. The van der Waals surface area contributed by atoms with Crippen LogP contribution in [-0.4, -0.2) is 42.3 Å². The van der Waals surface area contributed by atoms with E-state index in [2.05, 4.69) is 10.3 Å². The lowest BCUT2D eigenvalue weighted by atomic mass is 10.2. The van der Waals surface area contributed by atoms with Crippen molar-refractivity contribution in [1.29, 1.82) is 0 Å². The summed E-state index contributed by atoms with van der Waals surface area (Å²) in [4.78, 5) is 32.9. The molecule has 0 radical (unpaired) electrons. The summed E-state index contributed by atoms with van der Waals surface area (Å²) in [6.45, 7) is 3.83. The Hall–Kier alpha value is -3.08. The second-order valence-corrected chi connectivity index (χ2v) is 9.57. The lowest BCUT2D eigenvalue weighted by Crippen LogP contribution is -2.28. The minimum atomic E-state index is -0.359. The summed E-state index contributed by atoms with van der Waals surface area (Å²) in [6.07, 6.45) is 3.74. The van der Waals surface area contributed by atoms with Gasteiger partial charge in [-0.25, -0.2) is 9.37 Å². The van der Waals surface area contributed by atoms with Crippen LogP contribution >= 0.6 is 24.0 Å². The average molecular weight is 499 g/mol. The molecule has 0 saturated carbocycles. The number of aromatic nitrogens is 2. The quantitative estimate of drug-likeness (QED) is 0.379. The number of benzene rings is 1. The minimum absolute atomic E-state index is 0.134. The highest BCUT2D eigenvalue weighted by Gasteiger charge is 2.33. The normalized spacial score (nSPS) is 16.0. The number of aliphatic hydroxyl groups excluding tert-OH is 1. The van der Waals surface area contributed by atoms with E-state index in [0.29, 0.717) is 27.1 Å². The molecule has 1 amide bonds. The standard InChI is InChI=1S/C24H23FN4O3S2/c1-3-17(13-30)26-20-18(22(31)28-10-4-5-14(2)21(28)27-20)11-19-23(32)29(24(33)34-19)12-15-6-8-16(25)9-7-15/h4-11,17,26,30H,3,12-13H2,1-2H3/b19-11-/t17-/m0/s1. The second kappa shape index (κ2) is 10.0. The highest BCUT2D eigenvalue weighted by atomic mass is 32.2. The Kier molecular flexibility index (Phi) is 7.11. The fourth-order valence-corrected chi connectivity index (χ4v) is 4.80. The Morgan fingerprint density at radius 1 is 1.26 bits per heavy atom. The van der Waals surface area contributed by atoms with Crippen LogP contribution in [-0.2, 0) is 11.3 Å². The molecular formula is C24H23FN4O3S2. The van der Waals surface area contributed by atoms with Gasteiger partial charge in [0.2, 0.25) is 0 Å². The Labute approximate surface area is 205 Å². The Morgan fingerprint density at radius 3 is 2.68 bits per heavy atom. The molecule has 2 N–H and O–H groups in total. The van der Waals surface area contributed by atoms with E-state index >= 15 is 0 Å². The fraction of sp³-hybridized carbons (Fsp3) is 0.250. The first-order chi connectivity index (χ1) is 16.3. The van der Waals surface area contributed by atoms with Crippen LogP contribution in [0.3, 0.4) is 0 Å². The number of fused-ring (bicyclic) bond motifs is 1. The summed E-state index contributed by atoms with van der Waals surface area (Å²) in [6, 6.07) is 9.16. The molecule has 1 fully saturated rings. The number of carbonyl (C=O) groups excluding carboxylic acids is 1. The summed E-state index contributed by atoms with van der Waals surface area (Å²) in [7, 11) is 0. The second-order valence-electron chi connectivity index (χ2n) is 7.89. The number of amides is 1. The van der Waals surface area contributed by atoms with Crippen molar-refractivity contribution in [2.75, 3.05) is 11.9 Å². The van der Waals surface area contributed by atoms with Gasteiger partial charge >= 0.3 is 0 Å². The molecule has 1 atom stereocenters. The van der Waals surface area contributed by atoms with Gasteiger partial charge < -0.3 is 10.4 Å². The molecular weight excluding hydrogens is 475 g/mol. The first-order valence-corrected chi connectivity index (χ1v) is 11.9. The number of hydrogen-bond acceptors (Lipinski definition) is 7. The van der Waals surface area contributed by atoms with Crippen LogP contribution in [0.4, 0.5) is 10.2 Å². The van der Waals surface area contributed by atoms with Gasteiger partial charge in [-0.3, -0.25) is 18.9 Å². The third kappa shape index (κ3) is 4.75. The van der Waals surface area contributed by atoms with E-state index in [1.807, 2.05) is 19.9 Å². The molecule has 1 saturated heterocycles. The number of hydrogen-bond donors (Lipinski definition) is 2. The fourth-order valence-electron chi connectivity index (χ4n) is 3.56. The molecule has 0 unspecified atom stereocenters. The molecule has 0 bridgehead atoms. The molecule has 1 aromatic carbocycles. The summed E-state index contributed by atoms with van der Waals surface area (Å²) in [5, 5.41) is 12.8. The van der Waals surface area contributed by atoms with Crippen molar-refractivity contribution in [2.24, 2.45) is 0 Å². The minimum Gasteiger partial charge on any atom is -0.394 e. The van der Waals surface area contributed by atoms with Crippen molar-refractivity contribution in [2.45, 2.75) is 32.9 Å². The van der Waals surface area contributed by atoms with Gasteiger partial charge in [-0.15, -0.1) is 0 Å². The van der Waals surface area contributed by atoms with E-state index in [4.69, 9.17) is 12.2 Å². The number of rotatable bonds is 7. The van der Waals surface area contributed by atoms with Crippen molar-refractivity contribution in [3.8, 4) is 0 Å². The van der Waals surface area contributed by atoms with Crippen LogP contribution in [0.1, 0.15) is 30.0 Å². The van der Waals surface area contributed by atoms with Crippen molar-refractivity contribution in [3.63, 3.8) is 0 Å². The predicted octanol–water partition coefficient (Wildman–Crippen LogP) is 3.73.